The lowest BCUT2D eigenvalue weighted by Gasteiger charge is -2.47. The number of amides is 2. The summed E-state index contributed by atoms with van der Waals surface area (Å²) < 4.78 is 0. The van der Waals surface area contributed by atoms with E-state index in [1.807, 2.05) is 9.80 Å². The second-order valence-corrected chi connectivity index (χ2v) is 8.63. The van der Waals surface area contributed by atoms with Crippen molar-refractivity contribution >= 4 is 23.6 Å². The maximum absolute atomic E-state index is 13.1. The fraction of sp³-hybridized carbons (Fsp3) is 0.684. The van der Waals surface area contributed by atoms with Crippen molar-refractivity contribution in [2.75, 3.05) is 31.1 Å². The molecule has 0 spiro atoms. The Morgan fingerprint density at radius 1 is 1.33 bits per heavy atom. The normalized spacial score (nSPS) is 22.4. The Bertz CT molecular complexity index is 751. The molecule has 0 aromatic carbocycles. The Hall–Kier alpha value is -1.83. The highest BCUT2D eigenvalue weighted by atomic mass is 32.2. The quantitative estimate of drug-likeness (QED) is 0.771. The minimum atomic E-state index is -0.379. The maximum atomic E-state index is 13.1. The monoisotopic (exact) mass is 392 g/mol. The van der Waals surface area contributed by atoms with Gasteiger partial charge in [-0.15, -0.1) is 0 Å². The van der Waals surface area contributed by atoms with Crippen molar-refractivity contribution in [2.45, 2.75) is 45.6 Å². The average molecular weight is 393 g/mol. The third-order valence-corrected chi connectivity index (χ3v) is 6.50. The number of rotatable bonds is 5. The molecule has 2 unspecified atom stereocenters. The van der Waals surface area contributed by atoms with Gasteiger partial charge in [-0.05, 0) is 37.9 Å². The average Bonchev–Trinajstić information content (AvgIpc) is 2.67. The zero-order chi connectivity index (χ0) is 19.4. The van der Waals surface area contributed by atoms with Crippen LogP contribution in [0.15, 0.2) is 11.1 Å². The molecule has 27 heavy (non-hydrogen) atoms. The van der Waals surface area contributed by atoms with E-state index in [1.165, 1.54) is 6.33 Å². The van der Waals surface area contributed by atoms with Gasteiger partial charge in [0.25, 0.3) is 11.5 Å². The predicted octanol–water partition coefficient (Wildman–Crippen LogP) is 1.67. The summed E-state index contributed by atoms with van der Waals surface area (Å²) in [4.78, 5) is 48.1. The number of H-pyrrole nitrogens is 1. The van der Waals surface area contributed by atoms with Gasteiger partial charge >= 0.3 is 0 Å². The molecule has 2 amide bonds. The molecule has 7 nitrogen and oxygen atoms in total. The number of fused-ring (bicyclic) bond motifs is 1. The molecule has 1 N–H and O–H groups in total. The number of aromatic nitrogens is 2. The fourth-order valence-electron chi connectivity index (χ4n) is 4.23. The third kappa shape index (κ3) is 4.36. The van der Waals surface area contributed by atoms with Crippen LogP contribution in [0.25, 0.3) is 0 Å². The summed E-state index contributed by atoms with van der Waals surface area (Å²) in [6.07, 6.45) is 4.61. The van der Waals surface area contributed by atoms with Gasteiger partial charge in [-0.1, -0.05) is 6.92 Å². The minimum absolute atomic E-state index is 0.0966. The number of likely N-dealkylation sites (tertiary alicyclic amines) is 2. The molecule has 3 heterocycles. The molecule has 2 atom stereocenters. The van der Waals surface area contributed by atoms with E-state index >= 15 is 0 Å². The van der Waals surface area contributed by atoms with Crippen LogP contribution in [-0.2, 0) is 4.79 Å². The summed E-state index contributed by atoms with van der Waals surface area (Å²) in [5, 5.41) is 0. The van der Waals surface area contributed by atoms with Crippen LogP contribution < -0.4 is 5.56 Å². The number of hydrogen-bond acceptors (Lipinski definition) is 5. The number of piperidine rings is 2. The summed E-state index contributed by atoms with van der Waals surface area (Å²) >= 11 is 1.79. The van der Waals surface area contributed by atoms with Gasteiger partial charge in [0.15, 0.2) is 0 Å². The van der Waals surface area contributed by atoms with Crippen LogP contribution >= 0.6 is 11.8 Å². The Morgan fingerprint density at radius 3 is 2.89 bits per heavy atom. The van der Waals surface area contributed by atoms with Gasteiger partial charge in [0.1, 0.15) is 5.56 Å². The van der Waals surface area contributed by atoms with E-state index in [9.17, 15) is 14.4 Å². The molecule has 8 heteroatoms. The van der Waals surface area contributed by atoms with E-state index in [2.05, 4.69) is 16.9 Å². The van der Waals surface area contributed by atoms with E-state index in [1.54, 1.807) is 18.7 Å². The molecule has 0 saturated carbocycles. The summed E-state index contributed by atoms with van der Waals surface area (Å²) in [5.41, 5.74) is 0.232. The zero-order valence-electron chi connectivity index (χ0n) is 16.1. The van der Waals surface area contributed by atoms with Crippen molar-refractivity contribution in [1.29, 1.82) is 0 Å². The molecular formula is C19H28N4O3S. The van der Waals surface area contributed by atoms with E-state index in [-0.39, 0.29) is 34.9 Å². The highest BCUT2D eigenvalue weighted by Crippen LogP contribution is 2.32. The molecule has 0 bridgehead atoms. The van der Waals surface area contributed by atoms with Crippen LogP contribution in [0.2, 0.25) is 0 Å². The summed E-state index contributed by atoms with van der Waals surface area (Å²) in [5.74, 6) is 2.18. The number of carbonyl (C=O) groups excluding carboxylic acids is 2. The van der Waals surface area contributed by atoms with E-state index in [0.29, 0.717) is 31.7 Å². The Morgan fingerprint density at radius 2 is 2.15 bits per heavy atom. The van der Waals surface area contributed by atoms with Crippen molar-refractivity contribution in [2.24, 2.45) is 5.92 Å². The first-order chi connectivity index (χ1) is 13.0. The number of aryl methyl sites for hydroxylation is 1. The number of nitrogens with one attached hydrogen (secondary N) is 1. The summed E-state index contributed by atoms with van der Waals surface area (Å²) in [6, 6.07) is 0.0966. The van der Waals surface area contributed by atoms with Crippen molar-refractivity contribution < 1.29 is 9.59 Å². The highest BCUT2D eigenvalue weighted by Gasteiger charge is 2.40. The van der Waals surface area contributed by atoms with Crippen LogP contribution in [0.4, 0.5) is 0 Å². The molecule has 3 rings (SSSR count). The molecule has 1 aromatic rings. The topological polar surface area (TPSA) is 86.4 Å². The second kappa shape index (κ2) is 8.91. The lowest BCUT2D eigenvalue weighted by Crippen LogP contribution is -2.57. The first-order valence-corrected chi connectivity index (χ1v) is 10.9. The molecule has 2 fully saturated rings. The van der Waals surface area contributed by atoms with Crippen LogP contribution in [-0.4, -0.2) is 68.8 Å². The van der Waals surface area contributed by atoms with Crippen molar-refractivity contribution in [3.05, 3.63) is 27.9 Å². The number of carbonyl (C=O) groups is 2. The minimum Gasteiger partial charge on any atom is -0.342 e. The second-order valence-electron chi connectivity index (χ2n) is 7.24. The largest absolute Gasteiger partial charge is 0.342 e. The molecule has 1 aromatic heterocycles. The fourth-order valence-corrected chi connectivity index (χ4v) is 4.84. The van der Waals surface area contributed by atoms with Crippen LogP contribution in [0.3, 0.4) is 0 Å². The van der Waals surface area contributed by atoms with Crippen LogP contribution in [0, 0.1) is 12.8 Å². The predicted molar refractivity (Wildman–Crippen MR) is 106 cm³/mol. The maximum Gasteiger partial charge on any atom is 0.263 e. The van der Waals surface area contributed by atoms with Crippen molar-refractivity contribution in [3.63, 3.8) is 0 Å². The number of hydrogen-bond donors (Lipinski definition) is 1. The molecule has 2 saturated heterocycles. The van der Waals surface area contributed by atoms with Gasteiger partial charge in [0.05, 0.1) is 12.0 Å². The summed E-state index contributed by atoms with van der Waals surface area (Å²) in [7, 11) is 0. The molecule has 0 radical (unpaired) electrons. The van der Waals surface area contributed by atoms with Gasteiger partial charge in [-0.2, -0.15) is 11.8 Å². The number of thioether (sulfide) groups is 1. The Balaban J connectivity index is 1.69. The lowest BCUT2D eigenvalue weighted by molar-refractivity contribution is -0.134. The molecule has 2 aliphatic rings. The number of nitrogens with zero attached hydrogens (tertiary/aromatic N) is 3. The van der Waals surface area contributed by atoms with Gasteiger partial charge in [0.2, 0.25) is 5.91 Å². The van der Waals surface area contributed by atoms with Crippen molar-refractivity contribution in [1.82, 2.24) is 19.8 Å². The summed E-state index contributed by atoms with van der Waals surface area (Å²) in [6.45, 7) is 5.85. The van der Waals surface area contributed by atoms with Crippen LogP contribution in [0.5, 0.6) is 0 Å². The molecule has 148 valence electrons. The standard InChI is InChI=1S/C19H28N4O3S/c1-3-27-10-7-16(24)22-9-6-15-14(11-22)5-4-8-23(15)19(26)17-13(2)20-12-21-18(17)25/h12,14-15H,3-11H2,1-2H3,(H,20,21,25). The molecule has 2 aliphatic heterocycles. The smallest absolute Gasteiger partial charge is 0.263 e. The van der Waals surface area contributed by atoms with Gasteiger partial charge in [-0.3, -0.25) is 14.4 Å². The lowest BCUT2D eigenvalue weighted by atomic mass is 9.83. The van der Waals surface area contributed by atoms with Crippen molar-refractivity contribution in [3.8, 4) is 0 Å². The number of aromatic amines is 1. The first-order valence-electron chi connectivity index (χ1n) is 9.73. The highest BCUT2D eigenvalue weighted by molar-refractivity contribution is 7.99. The SMILES string of the molecule is CCSCCC(=O)N1CCC2C(CCCN2C(=O)c2c(C)nc[nH]c2=O)C1. The molecule has 0 aliphatic carbocycles. The van der Waals surface area contributed by atoms with Gasteiger partial charge in [-0.25, -0.2) is 4.98 Å². The third-order valence-electron chi connectivity index (χ3n) is 5.60. The van der Waals surface area contributed by atoms with Gasteiger partial charge < -0.3 is 14.8 Å². The Kier molecular flexibility index (Phi) is 6.57. The molecular weight excluding hydrogens is 364 g/mol. The first kappa shape index (κ1) is 19.9. The van der Waals surface area contributed by atoms with Gasteiger partial charge in [0, 0.05) is 37.8 Å². The van der Waals surface area contributed by atoms with Crippen LogP contribution in [0.1, 0.15) is 48.7 Å². The van der Waals surface area contributed by atoms with E-state index < -0.39 is 0 Å². The van der Waals surface area contributed by atoms with E-state index in [0.717, 1.165) is 30.8 Å². The Labute approximate surface area is 163 Å². The zero-order valence-corrected chi connectivity index (χ0v) is 16.9. The van der Waals surface area contributed by atoms with E-state index in [4.69, 9.17) is 0 Å².